The molecular weight excluding hydrogens is 259 g/mol. The molecule has 0 N–H and O–H groups in total. The highest BCUT2D eigenvalue weighted by molar-refractivity contribution is 6.29. The molecule has 6 heteroatoms. The molecule has 0 saturated carbocycles. The van der Waals surface area contributed by atoms with E-state index in [0.717, 1.165) is 6.07 Å². The van der Waals surface area contributed by atoms with E-state index in [0.29, 0.717) is 11.1 Å². The summed E-state index contributed by atoms with van der Waals surface area (Å²) in [5.74, 6) is -0.392. The van der Waals surface area contributed by atoms with Crippen molar-refractivity contribution in [2.75, 3.05) is 0 Å². The highest BCUT2D eigenvalue weighted by Gasteiger charge is 2.12. The summed E-state index contributed by atoms with van der Waals surface area (Å²) >= 11 is 5.71. The van der Waals surface area contributed by atoms with Crippen LogP contribution in [0.25, 0.3) is 11.3 Å². The molecule has 0 aliphatic heterocycles. The van der Waals surface area contributed by atoms with Crippen LogP contribution in [-0.2, 0) is 0 Å². The maximum atomic E-state index is 13.4. The molecule has 0 aliphatic carbocycles. The third-order valence-electron chi connectivity index (χ3n) is 2.46. The van der Waals surface area contributed by atoms with Gasteiger partial charge in [0.1, 0.15) is 11.0 Å². The maximum absolute atomic E-state index is 13.4. The largest absolute Gasteiger partial charge is 0.274 e. The number of benzene rings is 1. The van der Waals surface area contributed by atoms with Crippen LogP contribution in [0.5, 0.6) is 0 Å². The van der Waals surface area contributed by atoms with Crippen molar-refractivity contribution in [2.45, 2.75) is 6.92 Å². The molecule has 0 saturated heterocycles. The van der Waals surface area contributed by atoms with Gasteiger partial charge in [0.2, 0.25) is 0 Å². The second-order valence-corrected chi connectivity index (χ2v) is 4.14. The molecule has 0 bridgehead atoms. The van der Waals surface area contributed by atoms with E-state index in [-0.39, 0.29) is 16.5 Å². The van der Waals surface area contributed by atoms with Gasteiger partial charge < -0.3 is 0 Å². The number of rotatable bonds is 2. The van der Waals surface area contributed by atoms with E-state index < -0.39 is 10.7 Å². The lowest BCUT2D eigenvalue weighted by Gasteiger charge is -2.03. The predicted octanol–water partition coefficient (Wildman–Crippen LogP) is 3.76. The summed E-state index contributed by atoms with van der Waals surface area (Å²) in [4.78, 5) is 14.1. The van der Waals surface area contributed by atoms with Gasteiger partial charge in [-0.1, -0.05) is 23.7 Å². The van der Waals surface area contributed by atoms with Gasteiger partial charge in [-0.05, 0) is 18.6 Å². The van der Waals surface area contributed by atoms with Crippen LogP contribution in [0.2, 0.25) is 5.15 Å². The average Bonchev–Trinajstić information content (AvgIpc) is 2.31. The molecule has 0 unspecified atom stereocenters. The molecule has 0 fully saturated rings. The zero-order valence-electron chi connectivity index (χ0n) is 9.35. The first kappa shape index (κ1) is 12.4. The maximum Gasteiger partial charge on any atom is 0.274 e. The molecule has 2 rings (SSSR count). The van der Waals surface area contributed by atoms with Crippen LogP contribution in [0, 0.1) is 22.9 Å². The van der Waals surface area contributed by atoms with Crippen molar-refractivity contribution in [2.24, 2.45) is 0 Å². The molecule has 1 heterocycles. The summed E-state index contributed by atoms with van der Waals surface area (Å²) in [7, 11) is 0. The molecule has 1 aromatic carbocycles. The van der Waals surface area contributed by atoms with Crippen LogP contribution in [0.15, 0.2) is 30.3 Å². The van der Waals surface area contributed by atoms with Gasteiger partial charge in [0.25, 0.3) is 5.69 Å². The Hall–Kier alpha value is -2.01. The molecular formula is C12H8ClFN2O2. The summed E-state index contributed by atoms with van der Waals surface area (Å²) in [6.45, 7) is 1.63. The first-order chi connectivity index (χ1) is 8.47. The van der Waals surface area contributed by atoms with E-state index >= 15 is 0 Å². The molecule has 4 nitrogen and oxygen atoms in total. The number of hydrogen-bond acceptors (Lipinski definition) is 3. The Kier molecular flexibility index (Phi) is 3.25. The van der Waals surface area contributed by atoms with Crippen molar-refractivity contribution in [1.82, 2.24) is 4.98 Å². The molecule has 18 heavy (non-hydrogen) atoms. The third-order valence-corrected chi connectivity index (χ3v) is 2.65. The molecule has 0 radical (unpaired) electrons. The van der Waals surface area contributed by atoms with Gasteiger partial charge in [-0.15, -0.1) is 0 Å². The average molecular weight is 267 g/mol. The van der Waals surface area contributed by atoms with Gasteiger partial charge >= 0.3 is 0 Å². The van der Waals surface area contributed by atoms with Crippen LogP contribution in [0.1, 0.15) is 5.56 Å². The molecule has 92 valence electrons. The van der Waals surface area contributed by atoms with Gasteiger partial charge in [-0.3, -0.25) is 10.1 Å². The van der Waals surface area contributed by atoms with E-state index in [1.165, 1.54) is 12.1 Å². The van der Waals surface area contributed by atoms with Crippen LogP contribution >= 0.6 is 11.6 Å². The normalized spacial score (nSPS) is 10.4. The van der Waals surface area contributed by atoms with Gasteiger partial charge in [0.15, 0.2) is 0 Å². The van der Waals surface area contributed by atoms with E-state index in [1.54, 1.807) is 19.1 Å². The van der Waals surface area contributed by atoms with E-state index in [4.69, 9.17) is 11.6 Å². The summed E-state index contributed by atoms with van der Waals surface area (Å²) in [5, 5.41) is 10.7. The van der Waals surface area contributed by atoms with Crippen molar-refractivity contribution in [3.05, 3.63) is 57.0 Å². The summed E-state index contributed by atoms with van der Waals surface area (Å²) in [5.41, 5.74) is 1.04. The van der Waals surface area contributed by atoms with Crippen LogP contribution in [0.3, 0.4) is 0 Å². The van der Waals surface area contributed by atoms with Crippen LogP contribution in [-0.4, -0.2) is 9.91 Å². The third kappa shape index (κ3) is 2.46. The lowest BCUT2D eigenvalue weighted by Crippen LogP contribution is -1.92. The Morgan fingerprint density at radius 2 is 2.06 bits per heavy atom. The highest BCUT2D eigenvalue weighted by atomic mass is 35.5. The van der Waals surface area contributed by atoms with Gasteiger partial charge in [0.05, 0.1) is 16.7 Å². The Bertz CT molecular complexity index is 631. The zero-order valence-corrected chi connectivity index (χ0v) is 10.1. The molecule has 0 amide bonds. The van der Waals surface area contributed by atoms with Crippen molar-refractivity contribution in [3.63, 3.8) is 0 Å². The van der Waals surface area contributed by atoms with Crippen molar-refractivity contribution in [1.29, 1.82) is 0 Å². The van der Waals surface area contributed by atoms with Gasteiger partial charge in [0, 0.05) is 11.6 Å². The summed E-state index contributed by atoms with van der Waals surface area (Å²) in [6, 6.07) is 6.91. The number of aromatic nitrogens is 1. The van der Waals surface area contributed by atoms with Crippen LogP contribution < -0.4 is 0 Å². The first-order valence-electron chi connectivity index (χ1n) is 5.06. The number of aryl methyl sites for hydroxylation is 1. The Morgan fingerprint density at radius 1 is 1.33 bits per heavy atom. The second-order valence-electron chi connectivity index (χ2n) is 3.75. The molecule has 0 spiro atoms. The Labute approximate surface area is 107 Å². The van der Waals surface area contributed by atoms with Gasteiger partial charge in [-0.25, -0.2) is 9.37 Å². The fourth-order valence-corrected chi connectivity index (χ4v) is 1.69. The Morgan fingerprint density at radius 3 is 2.67 bits per heavy atom. The van der Waals surface area contributed by atoms with Crippen molar-refractivity contribution in [3.8, 4) is 11.3 Å². The molecule has 0 atom stereocenters. The second kappa shape index (κ2) is 4.70. The fraction of sp³-hybridized carbons (Fsp3) is 0.0833. The fourth-order valence-electron chi connectivity index (χ4n) is 1.49. The standard InChI is InChI=1S/C12H8ClFN2O2/c1-7-2-3-8(4-10(7)14)11-5-9(16(17)18)6-12(13)15-11/h2-6H,1H3. The number of nitrogens with zero attached hydrogens (tertiary/aromatic N) is 2. The number of nitro groups is 1. The minimum absolute atomic E-state index is 0.000170. The predicted molar refractivity (Wildman–Crippen MR) is 66.0 cm³/mol. The van der Waals surface area contributed by atoms with E-state index in [2.05, 4.69) is 4.98 Å². The number of pyridine rings is 1. The van der Waals surface area contributed by atoms with E-state index in [9.17, 15) is 14.5 Å². The lowest BCUT2D eigenvalue weighted by atomic mass is 10.1. The molecule has 2 aromatic rings. The highest BCUT2D eigenvalue weighted by Crippen LogP contribution is 2.26. The monoisotopic (exact) mass is 266 g/mol. The first-order valence-corrected chi connectivity index (χ1v) is 5.43. The molecule has 0 aliphatic rings. The minimum atomic E-state index is -0.568. The summed E-state index contributed by atoms with van der Waals surface area (Å²) < 4.78 is 13.4. The van der Waals surface area contributed by atoms with Crippen molar-refractivity contribution < 1.29 is 9.31 Å². The zero-order chi connectivity index (χ0) is 13.3. The van der Waals surface area contributed by atoms with Crippen molar-refractivity contribution >= 4 is 17.3 Å². The minimum Gasteiger partial charge on any atom is -0.258 e. The smallest absolute Gasteiger partial charge is 0.258 e. The van der Waals surface area contributed by atoms with Gasteiger partial charge in [-0.2, -0.15) is 0 Å². The topological polar surface area (TPSA) is 56.0 Å². The SMILES string of the molecule is Cc1ccc(-c2cc([N+](=O)[O-])cc(Cl)n2)cc1F. The Balaban J connectivity index is 2.56. The molecule has 1 aromatic heterocycles. The summed E-state index contributed by atoms with van der Waals surface area (Å²) in [6.07, 6.45) is 0. The van der Waals surface area contributed by atoms with Crippen LogP contribution in [0.4, 0.5) is 10.1 Å². The quantitative estimate of drug-likeness (QED) is 0.472. The lowest BCUT2D eigenvalue weighted by molar-refractivity contribution is -0.384. The number of hydrogen-bond donors (Lipinski definition) is 0. The van der Waals surface area contributed by atoms with E-state index in [1.807, 2.05) is 0 Å². The number of halogens is 2.